The van der Waals surface area contributed by atoms with Crippen LogP contribution in [0.5, 0.6) is 0 Å². The molecule has 4 nitrogen and oxygen atoms in total. The lowest BCUT2D eigenvalue weighted by molar-refractivity contribution is -0.173. The summed E-state index contributed by atoms with van der Waals surface area (Å²) in [6.45, 7) is -0.290. The van der Waals surface area contributed by atoms with Crippen LogP contribution in [0.4, 0.5) is 18.9 Å². The molecule has 0 saturated carbocycles. The molecule has 2 amide bonds. The van der Waals surface area contributed by atoms with Crippen molar-refractivity contribution >= 4 is 29.1 Å². The summed E-state index contributed by atoms with van der Waals surface area (Å²) >= 11 is 6.03. The molecule has 2 N–H and O–H groups in total. The standard InChI is InChI=1S/C18H16ClF3N2O2/c19-15-7-2-1-5-13(15)8-9-16(25)24-14-6-3-4-12(10-14)11-23-17(26)18(20,21)22/h1-7,10H,8-9,11H2,(H,23,26)(H,24,25). The molecule has 8 heteroatoms. The molecule has 0 aliphatic carbocycles. The summed E-state index contributed by atoms with van der Waals surface area (Å²) in [6.07, 6.45) is -4.25. The van der Waals surface area contributed by atoms with Gasteiger partial charge in [-0.3, -0.25) is 9.59 Å². The van der Waals surface area contributed by atoms with Gasteiger partial charge in [-0.2, -0.15) is 13.2 Å². The molecule has 0 heterocycles. The molecule has 0 atom stereocenters. The largest absolute Gasteiger partial charge is 0.471 e. The van der Waals surface area contributed by atoms with Crippen LogP contribution in [0.25, 0.3) is 0 Å². The summed E-state index contributed by atoms with van der Waals surface area (Å²) in [4.78, 5) is 22.9. The third-order valence-corrected chi connectivity index (χ3v) is 3.87. The molecular formula is C18H16ClF3N2O2. The summed E-state index contributed by atoms with van der Waals surface area (Å²) in [5.41, 5.74) is 1.73. The van der Waals surface area contributed by atoms with Crippen molar-refractivity contribution in [2.24, 2.45) is 0 Å². The number of nitrogens with one attached hydrogen (secondary N) is 2. The van der Waals surface area contributed by atoms with Crippen LogP contribution in [0, 0.1) is 0 Å². The Kier molecular flexibility index (Phi) is 6.63. The number of rotatable bonds is 6. The maximum Gasteiger partial charge on any atom is 0.471 e. The fourth-order valence-electron chi connectivity index (χ4n) is 2.21. The molecule has 2 rings (SSSR count). The lowest BCUT2D eigenvalue weighted by atomic mass is 10.1. The van der Waals surface area contributed by atoms with E-state index < -0.39 is 12.1 Å². The van der Waals surface area contributed by atoms with Gasteiger partial charge in [-0.1, -0.05) is 41.9 Å². The highest BCUT2D eigenvalue weighted by Crippen LogP contribution is 2.18. The predicted octanol–water partition coefficient (Wildman–Crippen LogP) is 4.09. The van der Waals surface area contributed by atoms with Gasteiger partial charge in [0.2, 0.25) is 5.91 Å². The van der Waals surface area contributed by atoms with Crippen LogP contribution in [0.1, 0.15) is 17.5 Å². The number of anilines is 1. The molecule has 0 aliphatic heterocycles. The zero-order valence-electron chi connectivity index (χ0n) is 13.6. The van der Waals surface area contributed by atoms with E-state index in [9.17, 15) is 22.8 Å². The quantitative estimate of drug-likeness (QED) is 0.788. The average molecular weight is 385 g/mol. The second-order valence-electron chi connectivity index (χ2n) is 5.52. The summed E-state index contributed by atoms with van der Waals surface area (Å²) in [7, 11) is 0. The highest BCUT2D eigenvalue weighted by atomic mass is 35.5. The number of carbonyl (C=O) groups is 2. The Morgan fingerprint density at radius 3 is 2.46 bits per heavy atom. The molecule has 26 heavy (non-hydrogen) atoms. The van der Waals surface area contributed by atoms with Gasteiger partial charge in [-0.25, -0.2) is 0 Å². The van der Waals surface area contributed by atoms with Crippen LogP contribution < -0.4 is 10.6 Å². The molecule has 0 bridgehead atoms. The molecule has 2 aromatic rings. The Hall–Kier alpha value is -2.54. The third kappa shape index (κ3) is 6.07. The summed E-state index contributed by atoms with van der Waals surface area (Å²) in [6, 6.07) is 13.5. The lowest BCUT2D eigenvalue weighted by Gasteiger charge is -2.10. The number of amides is 2. The molecule has 2 aromatic carbocycles. The smallest absolute Gasteiger partial charge is 0.344 e. The number of carbonyl (C=O) groups excluding carboxylic acids is 2. The van der Waals surface area contributed by atoms with Gasteiger partial charge in [0, 0.05) is 23.7 Å². The molecule has 0 aromatic heterocycles. The van der Waals surface area contributed by atoms with E-state index in [0.29, 0.717) is 22.7 Å². The fraction of sp³-hybridized carbons (Fsp3) is 0.222. The van der Waals surface area contributed by atoms with E-state index >= 15 is 0 Å². The minimum Gasteiger partial charge on any atom is -0.344 e. The Morgan fingerprint density at radius 1 is 1.04 bits per heavy atom. The van der Waals surface area contributed by atoms with E-state index in [0.717, 1.165) is 5.56 Å². The number of hydrogen-bond acceptors (Lipinski definition) is 2. The summed E-state index contributed by atoms with van der Waals surface area (Å²) in [5, 5.41) is 5.04. The van der Waals surface area contributed by atoms with Gasteiger partial charge in [-0.05, 0) is 35.7 Å². The molecule has 0 spiro atoms. The number of hydrogen-bond donors (Lipinski definition) is 2. The molecule has 0 unspecified atom stereocenters. The SMILES string of the molecule is O=C(CCc1ccccc1Cl)Nc1cccc(CNC(=O)C(F)(F)F)c1. The Labute approximate surface area is 153 Å². The maximum atomic E-state index is 12.2. The van der Waals surface area contributed by atoms with Gasteiger partial charge < -0.3 is 10.6 Å². The Balaban J connectivity index is 1.88. The molecule has 0 fully saturated rings. The van der Waals surface area contributed by atoms with Crippen molar-refractivity contribution in [1.29, 1.82) is 0 Å². The van der Waals surface area contributed by atoms with Gasteiger partial charge in [0.25, 0.3) is 0 Å². The Morgan fingerprint density at radius 2 is 1.77 bits per heavy atom. The molecule has 0 saturated heterocycles. The first-order valence-electron chi connectivity index (χ1n) is 7.73. The minimum absolute atomic E-state index is 0.207. The normalized spacial score (nSPS) is 11.1. The van der Waals surface area contributed by atoms with Gasteiger partial charge in [0.15, 0.2) is 0 Å². The van der Waals surface area contributed by atoms with Crippen molar-refractivity contribution in [2.45, 2.75) is 25.6 Å². The number of aryl methyl sites for hydroxylation is 1. The van der Waals surface area contributed by atoms with E-state index in [1.165, 1.54) is 6.07 Å². The summed E-state index contributed by atoms with van der Waals surface area (Å²) < 4.78 is 36.5. The maximum absolute atomic E-state index is 12.2. The van der Waals surface area contributed by atoms with Crippen molar-refractivity contribution in [3.05, 3.63) is 64.7 Å². The van der Waals surface area contributed by atoms with Gasteiger partial charge >= 0.3 is 12.1 Å². The minimum atomic E-state index is -4.93. The second kappa shape index (κ2) is 8.71. The topological polar surface area (TPSA) is 58.2 Å². The van der Waals surface area contributed by atoms with Crippen molar-refractivity contribution in [2.75, 3.05) is 5.32 Å². The first-order chi connectivity index (χ1) is 12.3. The van der Waals surface area contributed by atoms with Crippen molar-refractivity contribution in [1.82, 2.24) is 5.32 Å². The van der Waals surface area contributed by atoms with Crippen LogP contribution in [0.15, 0.2) is 48.5 Å². The number of benzene rings is 2. The van der Waals surface area contributed by atoms with Crippen LogP contribution in [0.2, 0.25) is 5.02 Å². The molecule has 0 aliphatic rings. The molecular weight excluding hydrogens is 369 g/mol. The first kappa shape index (κ1) is 19.8. The van der Waals surface area contributed by atoms with Gasteiger partial charge in [0.1, 0.15) is 0 Å². The van der Waals surface area contributed by atoms with Gasteiger partial charge in [0.05, 0.1) is 0 Å². The van der Waals surface area contributed by atoms with E-state index in [2.05, 4.69) is 5.32 Å². The predicted molar refractivity (Wildman–Crippen MR) is 92.7 cm³/mol. The second-order valence-corrected chi connectivity index (χ2v) is 5.93. The average Bonchev–Trinajstić information content (AvgIpc) is 2.58. The van der Waals surface area contributed by atoms with E-state index in [1.54, 1.807) is 35.6 Å². The van der Waals surface area contributed by atoms with Gasteiger partial charge in [-0.15, -0.1) is 0 Å². The highest BCUT2D eigenvalue weighted by molar-refractivity contribution is 6.31. The number of halogens is 4. The Bertz CT molecular complexity index is 794. The highest BCUT2D eigenvalue weighted by Gasteiger charge is 2.38. The number of alkyl halides is 3. The van der Waals surface area contributed by atoms with E-state index in [4.69, 9.17) is 11.6 Å². The van der Waals surface area contributed by atoms with Crippen LogP contribution in [0.3, 0.4) is 0 Å². The van der Waals surface area contributed by atoms with Crippen LogP contribution in [-0.2, 0) is 22.6 Å². The lowest BCUT2D eigenvalue weighted by Crippen LogP contribution is -2.36. The monoisotopic (exact) mass is 384 g/mol. The summed E-state index contributed by atoms with van der Waals surface area (Å²) in [5.74, 6) is -2.26. The first-order valence-corrected chi connectivity index (χ1v) is 8.11. The van der Waals surface area contributed by atoms with Crippen molar-refractivity contribution in [3.63, 3.8) is 0 Å². The van der Waals surface area contributed by atoms with E-state index in [-0.39, 0.29) is 18.9 Å². The fourth-order valence-corrected chi connectivity index (χ4v) is 2.44. The van der Waals surface area contributed by atoms with E-state index in [1.807, 2.05) is 12.1 Å². The zero-order valence-corrected chi connectivity index (χ0v) is 14.3. The molecule has 138 valence electrons. The van der Waals surface area contributed by atoms with Crippen molar-refractivity contribution < 1.29 is 22.8 Å². The van der Waals surface area contributed by atoms with Crippen LogP contribution in [-0.4, -0.2) is 18.0 Å². The van der Waals surface area contributed by atoms with Crippen LogP contribution >= 0.6 is 11.6 Å². The van der Waals surface area contributed by atoms with Crippen molar-refractivity contribution in [3.8, 4) is 0 Å². The third-order valence-electron chi connectivity index (χ3n) is 3.50. The zero-order chi connectivity index (χ0) is 19.2. The molecule has 0 radical (unpaired) electrons.